The van der Waals surface area contributed by atoms with Gasteiger partial charge in [-0.2, -0.15) is 0 Å². The van der Waals surface area contributed by atoms with E-state index in [1.54, 1.807) is 0 Å². The van der Waals surface area contributed by atoms with Crippen LogP contribution in [0.3, 0.4) is 0 Å². The topological polar surface area (TPSA) is 41.6 Å². The number of amides is 1. The molecule has 1 saturated heterocycles. The Balaban J connectivity index is 1.55. The molecule has 2 aromatic carbocycles. The van der Waals surface area contributed by atoms with Crippen LogP contribution in [0.2, 0.25) is 0 Å². The molecule has 1 fully saturated rings. The Hall–Kier alpha value is -1.96. The molecule has 0 aliphatic carbocycles. The number of nitrogens with one attached hydrogen (secondary N) is 1. The van der Waals surface area contributed by atoms with Gasteiger partial charge in [-0.1, -0.05) is 30.3 Å². The Morgan fingerprint density at radius 1 is 1.11 bits per heavy atom. The van der Waals surface area contributed by atoms with Crippen LogP contribution in [0, 0.1) is 11.6 Å². The quantitative estimate of drug-likeness (QED) is 0.735. The second-order valence-electron chi connectivity index (χ2n) is 6.24. The van der Waals surface area contributed by atoms with Crippen molar-refractivity contribution < 1.29 is 18.3 Å². The first-order valence-corrected chi connectivity index (χ1v) is 9.83. The highest BCUT2D eigenvalue weighted by Gasteiger charge is 2.23. The number of rotatable bonds is 7. The summed E-state index contributed by atoms with van der Waals surface area (Å²) < 4.78 is 31.6. The van der Waals surface area contributed by atoms with E-state index in [-0.39, 0.29) is 17.7 Å². The fourth-order valence-corrected chi connectivity index (χ4v) is 3.75. The molecular weight excluding hydrogens is 370 g/mol. The van der Waals surface area contributed by atoms with Gasteiger partial charge in [0.15, 0.2) is 11.6 Å². The highest BCUT2D eigenvalue weighted by molar-refractivity contribution is 8.00. The molecule has 1 N–H and O–H groups in total. The molecule has 0 saturated carbocycles. The summed E-state index contributed by atoms with van der Waals surface area (Å²) in [5.74, 6) is -1.79. The van der Waals surface area contributed by atoms with Gasteiger partial charge in [0, 0.05) is 24.5 Å². The predicted octanol–water partition coefficient (Wildman–Crippen LogP) is 3.25. The number of nitrogens with zero attached hydrogens (tertiary/aromatic N) is 1. The van der Waals surface area contributed by atoms with Gasteiger partial charge in [0.1, 0.15) is 0 Å². The molecule has 0 aromatic heterocycles. The van der Waals surface area contributed by atoms with Crippen LogP contribution in [0.1, 0.15) is 11.6 Å². The molecule has 2 aromatic rings. The van der Waals surface area contributed by atoms with Crippen molar-refractivity contribution in [1.29, 1.82) is 0 Å². The molecule has 0 spiro atoms. The number of hydrogen-bond donors (Lipinski definition) is 1. The minimum Gasteiger partial charge on any atom is -0.379 e. The number of halogens is 2. The maximum absolute atomic E-state index is 13.2. The molecule has 27 heavy (non-hydrogen) atoms. The van der Waals surface area contributed by atoms with Gasteiger partial charge in [-0.15, -0.1) is 11.8 Å². The first kappa shape index (κ1) is 19.8. The average Bonchev–Trinajstić information content (AvgIpc) is 2.71. The number of carbonyl (C=O) groups excluding carboxylic acids is 1. The normalized spacial score (nSPS) is 16.1. The molecule has 1 amide bonds. The van der Waals surface area contributed by atoms with Gasteiger partial charge in [-0.25, -0.2) is 8.78 Å². The maximum Gasteiger partial charge on any atom is 0.230 e. The molecular formula is C20H22F2N2O2S. The molecule has 3 rings (SSSR count). The Labute approximate surface area is 161 Å². The van der Waals surface area contributed by atoms with Crippen molar-refractivity contribution in [2.24, 2.45) is 0 Å². The van der Waals surface area contributed by atoms with Gasteiger partial charge in [-0.05, 0) is 23.8 Å². The van der Waals surface area contributed by atoms with Gasteiger partial charge in [0.05, 0.1) is 25.0 Å². The fourth-order valence-electron chi connectivity index (χ4n) is 3.00. The van der Waals surface area contributed by atoms with Crippen molar-refractivity contribution in [3.63, 3.8) is 0 Å². The Bertz CT molecular complexity index is 755. The maximum atomic E-state index is 13.2. The molecule has 1 atom stereocenters. The van der Waals surface area contributed by atoms with Crippen LogP contribution in [0.4, 0.5) is 8.78 Å². The summed E-state index contributed by atoms with van der Waals surface area (Å²) in [4.78, 5) is 15.1. The summed E-state index contributed by atoms with van der Waals surface area (Å²) in [6.07, 6.45) is 0. The lowest BCUT2D eigenvalue weighted by atomic mass is 10.0. The molecule has 7 heteroatoms. The van der Waals surface area contributed by atoms with Crippen LogP contribution in [0.15, 0.2) is 53.4 Å². The molecule has 0 bridgehead atoms. The molecule has 1 heterocycles. The fraction of sp³-hybridized carbons (Fsp3) is 0.350. The highest BCUT2D eigenvalue weighted by Crippen LogP contribution is 2.22. The number of ether oxygens (including phenoxy) is 1. The number of carbonyl (C=O) groups is 1. The van der Waals surface area contributed by atoms with Crippen molar-refractivity contribution in [2.45, 2.75) is 10.9 Å². The van der Waals surface area contributed by atoms with E-state index >= 15 is 0 Å². The Kier molecular flexibility index (Phi) is 7.20. The van der Waals surface area contributed by atoms with Gasteiger partial charge >= 0.3 is 0 Å². The van der Waals surface area contributed by atoms with Crippen molar-refractivity contribution >= 4 is 17.7 Å². The number of hydrogen-bond acceptors (Lipinski definition) is 4. The third kappa shape index (κ3) is 5.76. The van der Waals surface area contributed by atoms with Crippen LogP contribution >= 0.6 is 11.8 Å². The lowest BCUT2D eigenvalue weighted by Crippen LogP contribution is -2.44. The van der Waals surface area contributed by atoms with Gasteiger partial charge in [-0.3, -0.25) is 9.69 Å². The number of morpholine rings is 1. The van der Waals surface area contributed by atoms with E-state index < -0.39 is 11.6 Å². The third-order valence-corrected chi connectivity index (χ3v) is 5.42. The van der Waals surface area contributed by atoms with E-state index in [0.29, 0.717) is 24.7 Å². The lowest BCUT2D eigenvalue weighted by molar-refractivity contribution is -0.118. The predicted molar refractivity (Wildman–Crippen MR) is 102 cm³/mol. The summed E-state index contributed by atoms with van der Waals surface area (Å²) in [5, 5.41) is 2.96. The smallest absolute Gasteiger partial charge is 0.230 e. The average molecular weight is 392 g/mol. The third-order valence-electron chi connectivity index (χ3n) is 4.42. The molecule has 4 nitrogen and oxygen atoms in total. The number of thioether (sulfide) groups is 1. The largest absolute Gasteiger partial charge is 0.379 e. The van der Waals surface area contributed by atoms with Crippen LogP contribution in [0.25, 0.3) is 0 Å². The molecule has 0 radical (unpaired) electrons. The van der Waals surface area contributed by atoms with Crippen LogP contribution in [-0.4, -0.2) is 49.4 Å². The molecule has 1 aliphatic rings. The van der Waals surface area contributed by atoms with E-state index in [0.717, 1.165) is 30.8 Å². The summed E-state index contributed by atoms with van der Waals surface area (Å²) in [5.41, 5.74) is 1.15. The zero-order valence-corrected chi connectivity index (χ0v) is 15.7. The molecule has 1 unspecified atom stereocenters. The minimum absolute atomic E-state index is 0.0762. The van der Waals surface area contributed by atoms with Gasteiger partial charge in [0.2, 0.25) is 5.91 Å². The summed E-state index contributed by atoms with van der Waals surface area (Å²) in [6.45, 7) is 3.49. The van der Waals surface area contributed by atoms with Crippen LogP contribution < -0.4 is 5.32 Å². The van der Waals surface area contributed by atoms with Gasteiger partial charge < -0.3 is 10.1 Å². The zero-order valence-electron chi connectivity index (χ0n) is 14.9. The van der Waals surface area contributed by atoms with E-state index in [2.05, 4.69) is 22.3 Å². The molecule has 1 aliphatic heterocycles. The van der Waals surface area contributed by atoms with Crippen molar-refractivity contribution in [1.82, 2.24) is 10.2 Å². The van der Waals surface area contributed by atoms with E-state index in [4.69, 9.17) is 4.74 Å². The SMILES string of the molecule is O=C(CSc1ccc(F)c(F)c1)NCC(c1ccccc1)N1CCOCC1. The van der Waals surface area contributed by atoms with Crippen molar-refractivity contribution in [3.8, 4) is 0 Å². The summed E-state index contributed by atoms with van der Waals surface area (Å²) in [6, 6.07) is 13.8. The lowest BCUT2D eigenvalue weighted by Gasteiger charge is -2.34. The van der Waals surface area contributed by atoms with E-state index in [1.807, 2.05) is 18.2 Å². The first-order valence-electron chi connectivity index (χ1n) is 8.85. The number of benzene rings is 2. The Morgan fingerprint density at radius 3 is 2.56 bits per heavy atom. The molecule has 144 valence electrons. The Morgan fingerprint density at radius 2 is 1.85 bits per heavy atom. The van der Waals surface area contributed by atoms with E-state index in [1.165, 1.54) is 17.8 Å². The van der Waals surface area contributed by atoms with E-state index in [9.17, 15) is 13.6 Å². The summed E-state index contributed by atoms with van der Waals surface area (Å²) >= 11 is 1.18. The summed E-state index contributed by atoms with van der Waals surface area (Å²) in [7, 11) is 0. The second kappa shape index (κ2) is 9.82. The highest BCUT2D eigenvalue weighted by atomic mass is 32.2. The van der Waals surface area contributed by atoms with Crippen LogP contribution in [-0.2, 0) is 9.53 Å². The van der Waals surface area contributed by atoms with Crippen molar-refractivity contribution in [3.05, 3.63) is 65.7 Å². The standard InChI is InChI=1S/C20H22F2N2O2S/c21-17-7-6-16(12-18(17)22)27-14-20(25)23-13-19(15-4-2-1-3-5-15)24-8-10-26-11-9-24/h1-7,12,19H,8-11,13-14H2,(H,23,25). The monoisotopic (exact) mass is 392 g/mol. The second-order valence-corrected chi connectivity index (χ2v) is 7.29. The van der Waals surface area contributed by atoms with Gasteiger partial charge in [0.25, 0.3) is 0 Å². The minimum atomic E-state index is -0.906. The van der Waals surface area contributed by atoms with Crippen LogP contribution in [0.5, 0.6) is 0 Å². The van der Waals surface area contributed by atoms with Crippen molar-refractivity contribution in [2.75, 3.05) is 38.6 Å². The first-order chi connectivity index (χ1) is 13.1. The zero-order chi connectivity index (χ0) is 19.1.